The van der Waals surface area contributed by atoms with E-state index < -0.39 is 46.6 Å². The number of aromatic nitrogens is 2. The summed E-state index contributed by atoms with van der Waals surface area (Å²) in [5.74, 6) is -1.08. The van der Waals surface area contributed by atoms with Crippen molar-refractivity contribution in [2.45, 2.75) is 36.6 Å². The van der Waals surface area contributed by atoms with Gasteiger partial charge in [0.1, 0.15) is 16.4 Å². The molecule has 2 aliphatic rings. The summed E-state index contributed by atoms with van der Waals surface area (Å²) >= 11 is 1.17. The lowest BCUT2D eigenvalue weighted by Crippen LogP contribution is -2.44. The van der Waals surface area contributed by atoms with Crippen LogP contribution in [0.3, 0.4) is 0 Å². The number of nitrogens with zero attached hydrogens (tertiary/aromatic N) is 5. The van der Waals surface area contributed by atoms with Gasteiger partial charge in [0, 0.05) is 50.3 Å². The number of sulfonamides is 1. The number of pyridine rings is 1. The molecule has 5 rings (SSSR count). The number of ether oxygens (including phenoxy) is 1. The van der Waals surface area contributed by atoms with Crippen LogP contribution in [0.5, 0.6) is 5.88 Å². The van der Waals surface area contributed by atoms with Crippen molar-refractivity contribution in [3.63, 3.8) is 0 Å². The van der Waals surface area contributed by atoms with Crippen LogP contribution in [-0.2, 0) is 25.0 Å². The van der Waals surface area contributed by atoms with Crippen LogP contribution in [0.1, 0.15) is 25.8 Å². The topological polar surface area (TPSA) is 183 Å². The number of aliphatic hydroxyl groups is 1. The number of thiazole rings is 1. The van der Waals surface area contributed by atoms with E-state index in [1.54, 1.807) is 17.0 Å². The number of carboxylic acids is 1. The summed E-state index contributed by atoms with van der Waals surface area (Å²) in [6.07, 6.45) is 0.490. The predicted octanol–water partition coefficient (Wildman–Crippen LogP) is 1.70. The fourth-order valence-corrected chi connectivity index (χ4v) is 7.91. The van der Waals surface area contributed by atoms with Crippen molar-refractivity contribution in [1.29, 1.82) is 0 Å². The number of methoxy groups -OCH3 is 1. The zero-order valence-electron chi connectivity index (χ0n) is 23.1. The Bertz CT molecular complexity index is 1680. The molecule has 1 spiro atoms. The largest absolute Gasteiger partial charge is 0.481 e. The van der Waals surface area contributed by atoms with Crippen LogP contribution in [0.15, 0.2) is 35.2 Å². The van der Waals surface area contributed by atoms with Gasteiger partial charge in [0.2, 0.25) is 21.8 Å². The summed E-state index contributed by atoms with van der Waals surface area (Å²) < 4.78 is 33.1. The highest BCUT2D eigenvalue weighted by Gasteiger charge is 2.50. The molecular weight excluding hydrogens is 588 g/mol. The molecule has 0 bridgehead atoms. The monoisotopic (exact) mass is 618 g/mol. The molecule has 224 valence electrons. The second-order valence-corrected chi connectivity index (χ2v) is 13.1. The number of carbonyl (C=O) groups is 3. The highest BCUT2D eigenvalue weighted by atomic mass is 32.2. The lowest BCUT2D eigenvalue weighted by molar-refractivity contribution is -0.141. The maximum absolute atomic E-state index is 13.6. The normalized spacial score (nSPS) is 19.0. The number of hydrogen-bond acceptors (Lipinski definition) is 10. The fraction of sp³-hybridized carbons (Fsp3) is 0.423. The Labute approximate surface area is 245 Å². The van der Waals surface area contributed by atoms with Gasteiger partial charge in [-0.2, -0.15) is 4.31 Å². The Morgan fingerprint density at radius 1 is 1.21 bits per heavy atom. The van der Waals surface area contributed by atoms with E-state index in [0.29, 0.717) is 45.6 Å². The van der Waals surface area contributed by atoms with E-state index in [9.17, 15) is 33.0 Å². The van der Waals surface area contributed by atoms with Crippen LogP contribution in [-0.4, -0.2) is 102 Å². The first-order valence-electron chi connectivity index (χ1n) is 13.1. The molecule has 4 heterocycles. The highest BCUT2D eigenvalue weighted by Crippen LogP contribution is 2.47. The van der Waals surface area contributed by atoms with E-state index in [1.807, 2.05) is 0 Å². The molecule has 3 aromatic rings. The van der Waals surface area contributed by atoms with Gasteiger partial charge >= 0.3 is 12.0 Å². The van der Waals surface area contributed by atoms with Crippen molar-refractivity contribution in [3.05, 3.63) is 35.9 Å². The minimum Gasteiger partial charge on any atom is -0.481 e. The first-order chi connectivity index (χ1) is 19.9. The first kappa shape index (κ1) is 29.6. The third-order valence-electron chi connectivity index (χ3n) is 7.70. The van der Waals surface area contributed by atoms with Crippen molar-refractivity contribution in [3.8, 4) is 5.88 Å². The number of benzene rings is 1. The molecular formula is C26H30N6O8S2. The third kappa shape index (κ3) is 5.14. The maximum atomic E-state index is 13.6. The van der Waals surface area contributed by atoms with Gasteiger partial charge in [0.15, 0.2) is 5.13 Å². The number of fused-ring (bicyclic) bond motifs is 3. The molecule has 2 aliphatic heterocycles. The van der Waals surface area contributed by atoms with Crippen molar-refractivity contribution >= 4 is 60.4 Å². The number of aliphatic carboxylic acids is 1. The summed E-state index contributed by atoms with van der Waals surface area (Å²) in [4.78, 5) is 49.8. The maximum Gasteiger partial charge on any atom is 0.328 e. The number of carbonyl (C=O) groups excluding carboxylic acids is 2. The van der Waals surface area contributed by atoms with E-state index >= 15 is 0 Å². The van der Waals surface area contributed by atoms with Gasteiger partial charge in [-0.1, -0.05) is 11.3 Å². The number of rotatable bonds is 8. The van der Waals surface area contributed by atoms with E-state index in [0.717, 1.165) is 4.31 Å². The van der Waals surface area contributed by atoms with Gasteiger partial charge in [0.25, 0.3) is 0 Å². The Kier molecular flexibility index (Phi) is 7.82. The van der Waals surface area contributed by atoms with Crippen LogP contribution < -0.4 is 15.0 Å². The average Bonchev–Trinajstić information content (AvgIpc) is 3.66. The SMILES string of the molecule is COc1ccc2nc(NC(=O)N3CC4(CCN(C(C)=O)C4)c4cc(S(=O)(=O)N(CCO)C(C)C(=O)O)ccc43)sc2n1. The van der Waals surface area contributed by atoms with Crippen LogP contribution >= 0.6 is 11.3 Å². The summed E-state index contributed by atoms with van der Waals surface area (Å²) in [5, 5.41) is 22.1. The van der Waals surface area contributed by atoms with E-state index in [4.69, 9.17) is 4.74 Å². The quantitative estimate of drug-likeness (QED) is 0.336. The molecule has 3 N–H and O–H groups in total. The Hall–Kier alpha value is -3.86. The lowest BCUT2D eigenvalue weighted by atomic mass is 9.81. The summed E-state index contributed by atoms with van der Waals surface area (Å²) in [6.45, 7) is 2.60. The zero-order valence-corrected chi connectivity index (χ0v) is 24.7. The molecule has 42 heavy (non-hydrogen) atoms. The molecule has 16 heteroatoms. The van der Waals surface area contributed by atoms with Crippen LogP contribution in [0.2, 0.25) is 0 Å². The van der Waals surface area contributed by atoms with Gasteiger partial charge in [-0.15, -0.1) is 0 Å². The zero-order chi connectivity index (χ0) is 30.4. The van der Waals surface area contributed by atoms with E-state index in [1.165, 1.54) is 55.4 Å². The fourth-order valence-electron chi connectivity index (χ4n) is 5.49. The van der Waals surface area contributed by atoms with Crippen LogP contribution in [0.4, 0.5) is 15.6 Å². The standard InChI is InChI=1S/C26H30N6O8S2/c1-15(23(35)36)32(10-11-33)42(38,39)17-4-6-20-18(12-17)26(8-9-30(13-26)16(2)34)14-31(20)25(37)29-24-27-19-5-7-21(40-3)28-22(19)41-24/h4-7,12,15,33H,8-11,13-14H2,1-3H3,(H,35,36)(H,27,29,37). The Morgan fingerprint density at radius 2 is 1.98 bits per heavy atom. The van der Waals surface area contributed by atoms with E-state index in [2.05, 4.69) is 15.3 Å². The van der Waals surface area contributed by atoms with E-state index in [-0.39, 0.29) is 23.9 Å². The second kappa shape index (κ2) is 11.1. The third-order valence-corrected chi connectivity index (χ3v) is 10.6. The summed E-state index contributed by atoms with van der Waals surface area (Å²) in [5.41, 5.74) is 0.870. The number of likely N-dealkylation sites (tertiary alicyclic amines) is 1. The number of aliphatic hydroxyl groups excluding tert-OH is 1. The lowest BCUT2D eigenvalue weighted by Gasteiger charge is -2.27. The van der Waals surface area contributed by atoms with Gasteiger partial charge in [-0.05, 0) is 43.2 Å². The average molecular weight is 619 g/mol. The number of amides is 3. The molecule has 0 aliphatic carbocycles. The molecule has 1 aromatic carbocycles. The number of nitrogens with one attached hydrogen (secondary N) is 1. The molecule has 0 saturated carbocycles. The molecule has 0 radical (unpaired) electrons. The first-order valence-corrected chi connectivity index (χ1v) is 15.3. The van der Waals surface area contributed by atoms with Crippen molar-refractivity contribution < 1.29 is 37.8 Å². The van der Waals surface area contributed by atoms with Gasteiger partial charge in [0.05, 0.1) is 18.6 Å². The number of hydrogen-bond donors (Lipinski definition) is 3. The van der Waals surface area contributed by atoms with Crippen molar-refractivity contribution in [1.82, 2.24) is 19.2 Å². The number of anilines is 2. The number of carboxylic acid groups (broad SMARTS) is 1. The van der Waals surface area contributed by atoms with Crippen molar-refractivity contribution in [2.24, 2.45) is 0 Å². The van der Waals surface area contributed by atoms with Crippen LogP contribution in [0, 0.1) is 0 Å². The number of urea groups is 1. The second-order valence-electron chi connectivity index (χ2n) is 10.2. The molecule has 2 atom stereocenters. The highest BCUT2D eigenvalue weighted by molar-refractivity contribution is 7.89. The van der Waals surface area contributed by atoms with Gasteiger partial charge in [-0.3, -0.25) is 19.8 Å². The summed E-state index contributed by atoms with van der Waals surface area (Å²) in [6, 6.07) is 5.77. The smallest absolute Gasteiger partial charge is 0.328 e. The predicted molar refractivity (Wildman–Crippen MR) is 153 cm³/mol. The molecule has 2 unspecified atom stereocenters. The molecule has 14 nitrogen and oxygen atoms in total. The minimum atomic E-state index is -4.34. The molecule has 1 fully saturated rings. The Morgan fingerprint density at radius 3 is 2.62 bits per heavy atom. The molecule has 2 aromatic heterocycles. The molecule has 1 saturated heterocycles. The molecule has 3 amide bonds. The van der Waals surface area contributed by atoms with Crippen LogP contribution in [0.25, 0.3) is 10.3 Å². The van der Waals surface area contributed by atoms with Gasteiger partial charge in [-0.25, -0.2) is 23.2 Å². The Balaban J connectivity index is 1.52. The minimum absolute atomic E-state index is 0.137. The van der Waals surface area contributed by atoms with Gasteiger partial charge < -0.3 is 19.8 Å². The van der Waals surface area contributed by atoms with Crippen molar-refractivity contribution in [2.75, 3.05) is 50.1 Å². The summed E-state index contributed by atoms with van der Waals surface area (Å²) in [7, 11) is -2.84.